The standard InChI is InChI=1S/C22H18ClN3O3/c1-22(14-20(27)25-19-9-5-6-12-26(19)22)21(28)24-17-13-15(23)10-11-18(17)29-16-7-3-2-4-8-16/h2-13H,14H2,1H3,(H,24,28). The number of amides is 2. The molecular formula is C22H18ClN3O3. The number of nitrogens with one attached hydrogen (secondary N) is 1. The van der Waals surface area contributed by atoms with Crippen molar-refractivity contribution in [1.82, 2.24) is 4.90 Å². The fraction of sp³-hybridized carbons (Fsp3) is 0.136. The normalized spacial score (nSPS) is 20.1. The van der Waals surface area contributed by atoms with Gasteiger partial charge in [0.15, 0.2) is 5.75 Å². The Morgan fingerprint density at radius 3 is 2.79 bits per heavy atom. The van der Waals surface area contributed by atoms with Crippen molar-refractivity contribution in [2.45, 2.75) is 18.9 Å². The van der Waals surface area contributed by atoms with Gasteiger partial charge in [-0.2, -0.15) is 4.99 Å². The number of carbonyl (C=O) groups is 2. The quantitative estimate of drug-likeness (QED) is 0.807. The van der Waals surface area contributed by atoms with Gasteiger partial charge in [-0.05, 0) is 49.4 Å². The van der Waals surface area contributed by atoms with Crippen LogP contribution in [0.1, 0.15) is 13.3 Å². The maximum Gasteiger partial charge on any atom is 0.251 e. The van der Waals surface area contributed by atoms with Gasteiger partial charge in [0.2, 0.25) is 0 Å². The summed E-state index contributed by atoms with van der Waals surface area (Å²) in [5.41, 5.74) is -0.720. The molecule has 0 spiro atoms. The van der Waals surface area contributed by atoms with Crippen molar-refractivity contribution in [3.05, 3.63) is 78.0 Å². The molecule has 0 aliphatic carbocycles. The number of aliphatic imine (C=N–C) groups is 1. The highest BCUT2D eigenvalue weighted by Gasteiger charge is 2.45. The van der Waals surface area contributed by atoms with Crippen LogP contribution in [0.4, 0.5) is 5.69 Å². The van der Waals surface area contributed by atoms with Crippen LogP contribution in [0, 0.1) is 0 Å². The average Bonchev–Trinajstić information content (AvgIpc) is 2.70. The van der Waals surface area contributed by atoms with E-state index in [4.69, 9.17) is 16.3 Å². The maximum atomic E-state index is 13.3. The predicted molar refractivity (Wildman–Crippen MR) is 112 cm³/mol. The van der Waals surface area contributed by atoms with Gasteiger partial charge in [-0.3, -0.25) is 9.59 Å². The number of nitrogens with zero attached hydrogens (tertiary/aromatic N) is 2. The van der Waals surface area contributed by atoms with E-state index in [2.05, 4.69) is 10.3 Å². The van der Waals surface area contributed by atoms with E-state index in [1.165, 1.54) is 0 Å². The third-order valence-corrected chi connectivity index (χ3v) is 4.99. The molecule has 0 saturated carbocycles. The van der Waals surface area contributed by atoms with Crippen molar-refractivity contribution >= 4 is 34.9 Å². The minimum Gasteiger partial charge on any atom is -0.455 e. The Morgan fingerprint density at radius 1 is 1.21 bits per heavy atom. The highest BCUT2D eigenvalue weighted by molar-refractivity contribution is 6.31. The Labute approximate surface area is 173 Å². The van der Waals surface area contributed by atoms with E-state index < -0.39 is 5.54 Å². The second-order valence-electron chi connectivity index (χ2n) is 6.89. The Morgan fingerprint density at radius 2 is 2.00 bits per heavy atom. The number of amidine groups is 1. The third kappa shape index (κ3) is 3.79. The molecule has 4 rings (SSSR count). The molecule has 2 heterocycles. The number of fused-ring (bicyclic) bond motifs is 1. The van der Waals surface area contributed by atoms with Crippen LogP contribution in [0.5, 0.6) is 11.5 Å². The molecule has 1 N–H and O–H groups in total. The fourth-order valence-corrected chi connectivity index (χ4v) is 3.41. The minimum absolute atomic E-state index is 0.0457. The molecule has 0 fully saturated rings. The SMILES string of the molecule is CC1(C(=O)Nc2cc(Cl)ccc2Oc2ccccc2)CC(=O)N=C2C=CC=CN21. The lowest BCUT2D eigenvalue weighted by Crippen LogP contribution is -2.58. The molecule has 2 amide bonds. The molecule has 7 heteroatoms. The lowest BCUT2D eigenvalue weighted by molar-refractivity contribution is -0.130. The number of ether oxygens (including phenoxy) is 1. The van der Waals surface area contributed by atoms with Gasteiger partial charge in [0.05, 0.1) is 12.1 Å². The first-order valence-corrected chi connectivity index (χ1v) is 9.43. The van der Waals surface area contributed by atoms with Crippen LogP contribution in [-0.2, 0) is 9.59 Å². The summed E-state index contributed by atoms with van der Waals surface area (Å²) in [6.45, 7) is 1.71. The molecule has 29 heavy (non-hydrogen) atoms. The molecule has 2 aromatic rings. The Balaban J connectivity index is 1.64. The van der Waals surface area contributed by atoms with Gasteiger partial charge >= 0.3 is 0 Å². The van der Waals surface area contributed by atoms with Crippen LogP contribution in [-0.4, -0.2) is 28.1 Å². The smallest absolute Gasteiger partial charge is 0.251 e. The molecule has 2 aliphatic rings. The van der Waals surface area contributed by atoms with Gasteiger partial charge in [-0.1, -0.05) is 35.9 Å². The number of allylic oxidation sites excluding steroid dienone is 2. The van der Waals surface area contributed by atoms with Crippen LogP contribution in [0.15, 0.2) is 78.0 Å². The maximum absolute atomic E-state index is 13.3. The average molecular weight is 408 g/mol. The number of halogens is 1. The zero-order valence-electron chi connectivity index (χ0n) is 15.6. The van der Waals surface area contributed by atoms with E-state index in [1.54, 1.807) is 54.5 Å². The van der Waals surface area contributed by atoms with E-state index in [1.807, 2.05) is 30.3 Å². The summed E-state index contributed by atoms with van der Waals surface area (Å²) in [5.74, 6) is 0.804. The lowest BCUT2D eigenvalue weighted by atomic mass is 9.91. The van der Waals surface area contributed by atoms with Crippen molar-refractivity contribution in [2.24, 2.45) is 4.99 Å². The van der Waals surface area contributed by atoms with E-state index in [9.17, 15) is 9.59 Å². The molecule has 0 bridgehead atoms. The van der Waals surface area contributed by atoms with E-state index in [-0.39, 0.29) is 18.2 Å². The van der Waals surface area contributed by atoms with Crippen molar-refractivity contribution < 1.29 is 14.3 Å². The summed E-state index contributed by atoms with van der Waals surface area (Å²) in [5, 5.41) is 3.33. The lowest BCUT2D eigenvalue weighted by Gasteiger charge is -2.41. The molecular weight excluding hydrogens is 390 g/mol. The second-order valence-corrected chi connectivity index (χ2v) is 7.33. The first-order valence-electron chi connectivity index (χ1n) is 9.05. The zero-order valence-corrected chi connectivity index (χ0v) is 16.4. The molecule has 146 valence electrons. The van der Waals surface area contributed by atoms with Gasteiger partial charge in [0, 0.05) is 11.2 Å². The zero-order chi connectivity index (χ0) is 20.4. The topological polar surface area (TPSA) is 71.0 Å². The summed E-state index contributed by atoms with van der Waals surface area (Å²) < 4.78 is 5.91. The number of hydrogen-bond donors (Lipinski definition) is 1. The van der Waals surface area contributed by atoms with E-state index in [0.29, 0.717) is 28.0 Å². The van der Waals surface area contributed by atoms with Crippen LogP contribution < -0.4 is 10.1 Å². The number of benzene rings is 2. The highest BCUT2D eigenvalue weighted by atomic mass is 35.5. The van der Waals surface area contributed by atoms with Crippen molar-refractivity contribution in [1.29, 1.82) is 0 Å². The van der Waals surface area contributed by atoms with E-state index >= 15 is 0 Å². The number of hydrogen-bond acceptors (Lipinski definition) is 4. The van der Waals surface area contributed by atoms with Crippen LogP contribution in [0.25, 0.3) is 0 Å². The summed E-state index contributed by atoms with van der Waals surface area (Å²) in [6.07, 6.45) is 6.96. The van der Waals surface area contributed by atoms with Crippen LogP contribution in [0.3, 0.4) is 0 Å². The molecule has 2 aromatic carbocycles. The Hall–Kier alpha value is -3.38. The highest BCUT2D eigenvalue weighted by Crippen LogP contribution is 2.35. The van der Waals surface area contributed by atoms with Crippen molar-refractivity contribution in [2.75, 3.05) is 5.32 Å². The molecule has 0 saturated heterocycles. The first-order chi connectivity index (χ1) is 14.0. The van der Waals surface area contributed by atoms with Crippen molar-refractivity contribution in [3.63, 3.8) is 0 Å². The molecule has 6 nitrogen and oxygen atoms in total. The van der Waals surface area contributed by atoms with Gasteiger partial charge < -0.3 is 15.0 Å². The van der Waals surface area contributed by atoms with Crippen LogP contribution >= 0.6 is 11.6 Å². The van der Waals surface area contributed by atoms with Crippen molar-refractivity contribution in [3.8, 4) is 11.5 Å². The monoisotopic (exact) mass is 407 g/mol. The van der Waals surface area contributed by atoms with Gasteiger partial charge in [-0.15, -0.1) is 0 Å². The van der Waals surface area contributed by atoms with Gasteiger partial charge in [0.25, 0.3) is 11.8 Å². The molecule has 2 aliphatic heterocycles. The number of rotatable bonds is 4. The molecule has 1 unspecified atom stereocenters. The molecule has 0 aromatic heterocycles. The van der Waals surface area contributed by atoms with Gasteiger partial charge in [0.1, 0.15) is 17.1 Å². The third-order valence-electron chi connectivity index (χ3n) is 4.75. The molecule has 1 atom stereocenters. The summed E-state index contributed by atoms with van der Waals surface area (Å²) in [7, 11) is 0. The largest absolute Gasteiger partial charge is 0.455 e. The first kappa shape index (κ1) is 19.0. The number of para-hydroxylation sites is 1. The molecule has 0 radical (unpaired) electrons. The fourth-order valence-electron chi connectivity index (χ4n) is 3.24. The Bertz CT molecular complexity index is 1060. The summed E-state index contributed by atoms with van der Waals surface area (Å²) >= 11 is 6.15. The van der Waals surface area contributed by atoms with E-state index in [0.717, 1.165) is 0 Å². The predicted octanol–water partition coefficient (Wildman–Crippen LogP) is 4.54. The Kier molecular flexibility index (Phi) is 4.94. The number of carbonyl (C=O) groups excluding carboxylic acids is 2. The summed E-state index contributed by atoms with van der Waals surface area (Å²) in [6, 6.07) is 14.2. The van der Waals surface area contributed by atoms with Crippen LogP contribution in [0.2, 0.25) is 5.02 Å². The summed E-state index contributed by atoms with van der Waals surface area (Å²) in [4.78, 5) is 31.2. The number of anilines is 1. The minimum atomic E-state index is -1.14. The second kappa shape index (κ2) is 7.56. The van der Waals surface area contributed by atoms with Gasteiger partial charge in [-0.25, -0.2) is 0 Å².